The van der Waals surface area contributed by atoms with Crippen molar-refractivity contribution in [3.8, 4) is 0 Å². The van der Waals surface area contributed by atoms with Crippen LogP contribution in [-0.4, -0.2) is 49.7 Å². The highest BCUT2D eigenvalue weighted by Gasteiger charge is 2.33. The van der Waals surface area contributed by atoms with Crippen LogP contribution in [-0.2, 0) is 20.6 Å². The maximum Gasteiger partial charge on any atom is 0.225 e. The molecule has 6 heteroatoms. The molecule has 23 heavy (non-hydrogen) atoms. The van der Waals surface area contributed by atoms with E-state index in [1.165, 1.54) is 4.31 Å². The molecule has 2 fully saturated rings. The van der Waals surface area contributed by atoms with Crippen LogP contribution in [0, 0.1) is 12.8 Å². The number of hydrogen-bond donors (Lipinski definition) is 0. The molecule has 0 aromatic heterocycles. The fourth-order valence-electron chi connectivity index (χ4n) is 3.16. The van der Waals surface area contributed by atoms with E-state index in [4.69, 9.17) is 0 Å². The SMILES string of the molecule is Cc1ccccc1CS(=O)(=O)N1CCN(C(=O)C2CCC2)CC1. The fraction of sp³-hybridized carbons (Fsp3) is 0.588. The zero-order valence-corrected chi connectivity index (χ0v) is 14.4. The molecule has 0 unspecified atom stereocenters. The van der Waals surface area contributed by atoms with Crippen LogP contribution < -0.4 is 0 Å². The first kappa shape index (κ1) is 16.5. The lowest BCUT2D eigenvalue weighted by atomic mass is 9.84. The molecule has 1 saturated carbocycles. The summed E-state index contributed by atoms with van der Waals surface area (Å²) < 4.78 is 26.7. The molecular formula is C17H24N2O3S. The van der Waals surface area contributed by atoms with Crippen molar-refractivity contribution in [3.63, 3.8) is 0 Å². The van der Waals surface area contributed by atoms with E-state index in [0.29, 0.717) is 26.2 Å². The van der Waals surface area contributed by atoms with Gasteiger partial charge in [-0.1, -0.05) is 30.7 Å². The van der Waals surface area contributed by atoms with Gasteiger partial charge in [0.1, 0.15) is 0 Å². The third-order valence-electron chi connectivity index (χ3n) is 5.00. The minimum Gasteiger partial charge on any atom is -0.340 e. The second-order valence-corrected chi connectivity index (χ2v) is 8.50. The van der Waals surface area contributed by atoms with Crippen molar-refractivity contribution in [2.75, 3.05) is 26.2 Å². The Labute approximate surface area is 138 Å². The zero-order chi connectivity index (χ0) is 16.4. The normalized spacial score (nSPS) is 20.3. The van der Waals surface area contributed by atoms with E-state index in [9.17, 15) is 13.2 Å². The predicted octanol–water partition coefficient (Wildman–Crippen LogP) is 1.77. The van der Waals surface area contributed by atoms with Gasteiger partial charge in [-0.25, -0.2) is 8.42 Å². The Morgan fingerprint density at radius 3 is 2.35 bits per heavy atom. The number of piperazine rings is 1. The molecule has 0 radical (unpaired) electrons. The predicted molar refractivity (Wildman–Crippen MR) is 89.3 cm³/mol. The fourth-order valence-corrected chi connectivity index (χ4v) is 4.78. The maximum atomic E-state index is 12.6. The number of carbonyl (C=O) groups is 1. The Morgan fingerprint density at radius 1 is 1.13 bits per heavy atom. The van der Waals surface area contributed by atoms with Crippen LogP contribution in [0.25, 0.3) is 0 Å². The highest BCUT2D eigenvalue weighted by atomic mass is 32.2. The topological polar surface area (TPSA) is 57.7 Å². The molecule has 1 aliphatic heterocycles. The molecule has 2 aliphatic rings. The third kappa shape index (κ3) is 3.58. The Hall–Kier alpha value is -1.40. The van der Waals surface area contributed by atoms with E-state index < -0.39 is 10.0 Å². The molecule has 0 N–H and O–H groups in total. The molecule has 0 atom stereocenters. The number of amides is 1. The van der Waals surface area contributed by atoms with Crippen molar-refractivity contribution in [2.24, 2.45) is 5.92 Å². The van der Waals surface area contributed by atoms with Crippen LogP contribution in [0.2, 0.25) is 0 Å². The number of rotatable bonds is 4. The highest BCUT2D eigenvalue weighted by molar-refractivity contribution is 7.88. The quantitative estimate of drug-likeness (QED) is 0.842. The van der Waals surface area contributed by atoms with Gasteiger partial charge in [-0.3, -0.25) is 4.79 Å². The number of benzene rings is 1. The van der Waals surface area contributed by atoms with E-state index in [0.717, 1.165) is 30.4 Å². The van der Waals surface area contributed by atoms with Gasteiger partial charge in [-0.2, -0.15) is 4.31 Å². The standard InChI is InChI=1S/C17H24N2O3S/c1-14-5-2-3-6-16(14)13-23(21,22)19-11-9-18(10-12-19)17(20)15-7-4-8-15/h2-3,5-6,15H,4,7-13H2,1H3. The minimum atomic E-state index is -3.32. The number of sulfonamides is 1. The first-order valence-electron chi connectivity index (χ1n) is 8.28. The van der Waals surface area contributed by atoms with Crippen molar-refractivity contribution in [1.82, 2.24) is 9.21 Å². The summed E-state index contributed by atoms with van der Waals surface area (Å²) in [5.74, 6) is 0.438. The van der Waals surface area contributed by atoms with Crippen LogP contribution in [0.1, 0.15) is 30.4 Å². The number of carbonyl (C=O) groups excluding carboxylic acids is 1. The molecule has 1 aromatic rings. The number of nitrogens with zero attached hydrogens (tertiary/aromatic N) is 2. The van der Waals surface area contributed by atoms with Crippen LogP contribution in [0.4, 0.5) is 0 Å². The molecule has 5 nitrogen and oxygen atoms in total. The first-order valence-corrected chi connectivity index (χ1v) is 9.89. The summed E-state index contributed by atoms with van der Waals surface area (Å²) in [6.45, 7) is 3.78. The molecule has 0 bridgehead atoms. The smallest absolute Gasteiger partial charge is 0.225 e. The van der Waals surface area contributed by atoms with Gasteiger partial charge in [0, 0.05) is 32.1 Å². The van der Waals surface area contributed by atoms with Gasteiger partial charge in [0.15, 0.2) is 0 Å². The van der Waals surface area contributed by atoms with Crippen molar-refractivity contribution >= 4 is 15.9 Å². The summed E-state index contributed by atoms with van der Waals surface area (Å²) >= 11 is 0. The minimum absolute atomic E-state index is 0.0379. The van der Waals surface area contributed by atoms with E-state index in [-0.39, 0.29) is 17.6 Å². The van der Waals surface area contributed by atoms with Gasteiger partial charge in [-0.05, 0) is 30.9 Å². The summed E-state index contributed by atoms with van der Waals surface area (Å²) in [6.07, 6.45) is 3.12. The summed E-state index contributed by atoms with van der Waals surface area (Å²) in [7, 11) is -3.32. The van der Waals surface area contributed by atoms with Crippen LogP contribution in [0.5, 0.6) is 0 Å². The lowest BCUT2D eigenvalue weighted by molar-refractivity contribution is -0.139. The molecule has 1 aliphatic carbocycles. The first-order chi connectivity index (χ1) is 11.0. The summed E-state index contributed by atoms with van der Waals surface area (Å²) in [6, 6.07) is 7.58. The van der Waals surface area contributed by atoms with E-state index in [2.05, 4.69) is 0 Å². The van der Waals surface area contributed by atoms with Gasteiger partial charge in [0.2, 0.25) is 15.9 Å². The molecule has 3 rings (SSSR count). The molecule has 1 saturated heterocycles. The van der Waals surface area contributed by atoms with Crippen LogP contribution >= 0.6 is 0 Å². The van der Waals surface area contributed by atoms with E-state index in [1.807, 2.05) is 36.1 Å². The van der Waals surface area contributed by atoms with Crippen LogP contribution in [0.15, 0.2) is 24.3 Å². The van der Waals surface area contributed by atoms with Gasteiger partial charge in [0.05, 0.1) is 5.75 Å². The highest BCUT2D eigenvalue weighted by Crippen LogP contribution is 2.28. The average Bonchev–Trinajstić information content (AvgIpc) is 2.48. The van der Waals surface area contributed by atoms with Crippen molar-refractivity contribution in [3.05, 3.63) is 35.4 Å². The average molecular weight is 336 g/mol. The third-order valence-corrected chi connectivity index (χ3v) is 6.83. The molecule has 1 heterocycles. The monoisotopic (exact) mass is 336 g/mol. The molecule has 1 aromatic carbocycles. The Bertz CT molecular complexity index is 675. The van der Waals surface area contributed by atoms with E-state index in [1.54, 1.807) is 0 Å². The van der Waals surface area contributed by atoms with Crippen molar-refractivity contribution in [1.29, 1.82) is 0 Å². The molecule has 126 valence electrons. The second kappa shape index (κ2) is 6.61. The summed E-state index contributed by atoms with van der Waals surface area (Å²) in [4.78, 5) is 14.1. The Kier molecular flexibility index (Phi) is 4.73. The zero-order valence-electron chi connectivity index (χ0n) is 13.6. The lowest BCUT2D eigenvalue weighted by Crippen LogP contribution is -2.52. The largest absolute Gasteiger partial charge is 0.340 e. The van der Waals surface area contributed by atoms with Crippen molar-refractivity contribution in [2.45, 2.75) is 31.9 Å². The maximum absolute atomic E-state index is 12.6. The van der Waals surface area contributed by atoms with Crippen molar-refractivity contribution < 1.29 is 13.2 Å². The van der Waals surface area contributed by atoms with Gasteiger partial charge < -0.3 is 4.90 Å². The van der Waals surface area contributed by atoms with Gasteiger partial charge >= 0.3 is 0 Å². The second-order valence-electron chi connectivity index (χ2n) is 6.53. The summed E-state index contributed by atoms with van der Waals surface area (Å²) in [5, 5.41) is 0. The summed E-state index contributed by atoms with van der Waals surface area (Å²) in [5.41, 5.74) is 1.84. The Morgan fingerprint density at radius 2 is 1.78 bits per heavy atom. The number of aryl methyl sites for hydroxylation is 1. The number of hydrogen-bond acceptors (Lipinski definition) is 3. The van der Waals surface area contributed by atoms with E-state index >= 15 is 0 Å². The molecule has 0 spiro atoms. The van der Waals surface area contributed by atoms with Gasteiger partial charge in [0.25, 0.3) is 0 Å². The molecule has 1 amide bonds. The lowest BCUT2D eigenvalue weighted by Gasteiger charge is -2.37. The van der Waals surface area contributed by atoms with Crippen LogP contribution in [0.3, 0.4) is 0 Å². The molecular weight excluding hydrogens is 312 g/mol. The van der Waals surface area contributed by atoms with Gasteiger partial charge in [-0.15, -0.1) is 0 Å². The Balaban J connectivity index is 1.60.